The molecule has 3 N–H and O–H groups in total. The Hall–Kier alpha value is -1.73. The van der Waals surface area contributed by atoms with E-state index < -0.39 is 12.2 Å². The van der Waals surface area contributed by atoms with E-state index in [4.69, 9.17) is 9.47 Å². The molecule has 5 nitrogen and oxygen atoms in total. The van der Waals surface area contributed by atoms with E-state index in [1.807, 2.05) is 25.1 Å². The number of aliphatic hydroxyl groups is 3. The highest BCUT2D eigenvalue weighted by molar-refractivity contribution is 8.00. The van der Waals surface area contributed by atoms with Gasteiger partial charge in [0.25, 0.3) is 0 Å². The number of aryl methyl sites for hydroxylation is 1. The Morgan fingerprint density at radius 1 is 1.10 bits per heavy atom. The number of rotatable bonds is 7. The largest absolute Gasteiger partial charge is 0.496 e. The van der Waals surface area contributed by atoms with Crippen molar-refractivity contribution in [1.82, 2.24) is 0 Å². The van der Waals surface area contributed by atoms with Crippen molar-refractivity contribution >= 4 is 11.8 Å². The molecule has 0 radical (unpaired) electrons. The highest BCUT2D eigenvalue weighted by Crippen LogP contribution is 2.46. The van der Waals surface area contributed by atoms with Gasteiger partial charge in [-0.1, -0.05) is 18.2 Å². The van der Waals surface area contributed by atoms with Crippen molar-refractivity contribution in [2.75, 3.05) is 20.3 Å². The zero-order valence-electron chi connectivity index (χ0n) is 17.2. The number of hydrogen-bond acceptors (Lipinski definition) is 6. The molecule has 29 heavy (non-hydrogen) atoms. The molecule has 0 aliphatic carbocycles. The van der Waals surface area contributed by atoms with Gasteiger partial charge >= 0.3 is 0 Å². The smallest absolute Gasteiger partial charge is 0.123 e. The minimum absolute atomic E-state index is 0.123. The third-order valence-corrected chi connectivity index (χ3v) is 7.06. The molecule has 1 fully saturated rings. The number of benzene rings is 2. The molecule has 2 unspecified atom stereocenters. The summed E-state index contributed by atoms with van der Waals surface area (Å²) in [4.78, 5) is 0. The minimum Gasteiger partial charge on any atom is -0.496 e. The van der Waals surface area contributed by atoms with Crippen LogP contribution in [0.1, 0.15) is 40.8 Å². The molecular weight excluding hydrogens is 388 g/mol. The molecule has 3 rings (SSSR count). The number of hydrogen-bond donors (Lipinski definition) is 3. The second kappa shape index (κ2) is 9.85. The van der Waals surface area contributed by atoms with Crippen LogP contribution in [0.3, 0.4) is 0 Å². The summed E-state index contributed by atoms with van der Waals surface area (Å²) in [6.45, 7) is 4.54. The molecule has 0 saturated carbocycles. The lowest BCUT2D eigenvalue weighted by Gasteiger charge is -2.36. The molecule has 2 aromatic carbocycles. The molecule has 2 aromatic rings. The van der Waals surface area contributed by atoms with Crippen LogP contribution < -0.4 is 9.47 Å². The molecule has 1 heterocycles. The summed E-state index contributed by atoms with van der Waals surface area (Å²) in [5.41, 5.74) is 4.35. The molecule has 0 spiro atoms. The third kappa shape index (κ3) is 5.07. The number of thioether (sulfide) groups is 1. The maximum absolute atomic E-state index is 10.6. The Balaban J connectivity index is 1.90. The fourth-order valence-corrected chi connectivity index (χ4v) is 5.14. The maximum Gasteiger partial charge on any atom is 0.123 e. The van der Waals surface area contributed by atoms with E-state index in [-0.39, 0.29) is 23.5 Å². The Morgan fingerprint density at radius 2 is 1.83 bits per heavy atom. The SMILES string of the molecule is CCOc1ccc(Cc2cc([C@@H]3SC(CO)[C@@H](O)CC3O)c(OC)cc2C)cc1. The van der Waals surface area contributed by atoms with Gasteiger partial charge in [-0.2, -0.15) is 0 Å². The molecule has 1 saturated heterocycles. The van der Waals surface area contributed by atoms with E-state index >= 15 is 0 Å². The fraction of sp³-hybridized carbons (Fsp3) is 0.478. The summed E-state index contributed by atoms with van der Waals surface area (Å²) in [5.74, 6) is 1.58. The van der Waals surface area contributed by atoms with Crippen LogP contribution >= 0.6 is 11.8 Å². The Bertz CT molecular complexity index is 808. The molecule has 1 aliphatic rings. The average molecular weight is 419 g/mol. The zero-order valence-corrected chi connectivity index (χ0v) is 18.0. The first-order valence-electron chi connectivity index (χ1n) is 9.98. The van der Waals surface area contributed by atoms with Crippen molar-refractivity contribution in [3.8, 4) is 11.5 Å². The summed E-state index contributed by atoms with van der Waals surface area (Å²) in [6.07, 6.45) is -0.410. The maximum atomic E-state index is 10.6. The lowest BCUT2D eigenvalue weighted by atomic mass is 9.93. The van der Waals surface area contributed by atoms with Gasteiger partial charge in [0, 0.05) is 12.0 Å². The Morgan fingerprint density at radius 3 is 2.45 bits per heavy atom. The number of methoxy groups -OCH3 is 1. The van der Waals surface area contributed by atoms with Crippen LogP contribution in [0.2, 0.25) is 0 Å². The molecule has 6 heteroatoms. The van der Waals surface area contributed by atoms with Gasteiger partial charge in [-0.25, -0.2) is 0 Å². The lowest BCUT2D eigenvalue weighted by Crippen LogP contribution is -2.39. The predicted molar refractivity (Wildman–Crippen MR) is 116 cm³/mol. The second-order valence-corrected chi connectivity index (χ2v) is 8.81. The van der Waals surface area contributed by atoms with Crippen LogP contribution in [0.25, 0.3) is 0 Å². The molecule has 1 aliphatic heterocycles. The normalized spacial score (nSPS) is 24.3. The van der Waals surface area contributed by atoms with Crippen LogP contribution in [0.15, 0.2) is 36.4 Å². The van der Waals surface area contributed by atoms with Gasteiger partial charge in [-0.3, -0.25) is 0 Å². The second-order valence-electron chi connectivity index (χ2n) is 7.42. The monoisotopic (exact) mass is 418 g/mol. The number of aliphatic hydroxyl groups excluding tert-OH is 3. The van der Waals surface area contributed by atoms with Gasteiger partial charge in [0.2, 0.25) is 0 Å². The van der Waals surface area contributed by atoms with Crippen LogP contribution in [-0.2, 0) is 6.42 Å². The molecule has 4 atom stereocenters. The first-order chi connectivity index (χ1) is 14.0. The Kier molecular flexibility index (Phi) is 7.46. The fourth-order valence-electron chi connectivity index (χ4n) is 3.76. The van der Waals surface area contributed by atoms with Crippen LogP contribution in [0.5, 0.6) is 11.5 Å². The van der Waals surface area contributed by atoms with Crippen molar-refractivity contribution in [2.45, 2.75) is 49.4 Å². The van der Waals surface area contributed by atoms with Crippen molar-refractivity contribution in [3.05, 3.63) is 58.7 Å². The first-order valence-corrected chi connectivity index (χ1v) is 10.9. The first kappa shape index (κ1) is 22.0. The minimum atomic E-state index is -0.712. The molecule has 0 bridgehead atoms. The summed E-state index contributed by atoms with van der Waals surface area (Å²) in [7, 11) is 1.63. The summed E-state index contributed by atoms with van der Waals surface area (Å²) < 4.78 is 11.1. The van der Waals surface area contributed by atoms with E-state index in [1.165, 1.54) is 17.3 Å². The third-order valence-electron chi connectivity index (χ3n) is 5.39. The van der Waals surface area contributed by atoms with Crippen LogP contribution in [0, 0.1) is 6.92 Å². The van der Waals surface area contributed by atoms with E-state index in [2.05, 4.69) is 25.1 Å². The molecular formula is C23H30O5S. The van der Waals surface area contributed by atoms with E-state index in [1.54, 1.807) is 7.11 Å². The van der Waals surface area contributed by atoms with Gasteiger partial charge in [0.15, 0.2) is 0 Å². The van der Waals surface area contributed by atoms with E-state index in [9.17, 15) is 15.3 Å². The van der Waals surface area contributed by atoms with Gasteiger partial charge in [-0.05, 0) is 55.2 Å². The van der Waals surface area contributed by atoms with Crippen molar-refractivity contribution in [3.63, 3.8) is 0 Å². The van der Waals surface area contributed by atoms with E-state index in [0.717, 1.165) is 34.6 Å². The Labute approximate surface area is 176 Å². The summed E-state index contributed by atoms with van der Waals surface area (Å²) in [5, 5.41) is 29.7. The molecule has 158 valence electrons. The van der Waals surface area contributed by atoms with Crippen LogP contribution in [-0.4, -0.2) is 53.1 Å². The topological polar surface area (TPSA) is 79.2 Å². The van der Waals surface area contributed by atoms with Crippen molar-refractivity contribution in [2.24, 2.45) is 0 Å². The van der Waals surface area contributed by atoms with Gasteiger partial charge in [0.05, 0.1) is 43.0 Å². The van der Waals surface area contributed by atoms with Crippen molar-refractivity contribution in [1.29, 1.82) is 0 Å². The zero-order chi connectivity index (χ0) is 21.0. The van der Waals surface area contributed by atoms with E-state index in [0.29, 0.717) is 6.61 Å². The quantitative estimate of drug-likeness (QED) is 0.641. The standard InChI is InChI=1S/C23H30O5S/c1-4-28-17-7-5-15(6-8-17)10-16-11-18(21(27-3)9-14(16)2)23-20(26)12-19(25)22(13-24)29-23/h5-9,11,19-20,22-26H,4,10,12-13H2,1-3H3/t19-,20?,22?,23-/m0/s1. The molecule has 0 amide bonds. The van der Waals surface area contributed by atoms with Crippen LogP contribution in [0.4, 0.5) is 0 Å². The summed E-state index contributed by atoms with van der Waals surface area (Å²) in [6, 6.07) is 12.2. The predicted octanol–water partition coefficient (Wildman–Crippen LogP) is 3.25. The lowest BCUT2D eigenvalue weighted by molar-refractivity contribution is 0.0571. The number of ether oxygens (including phenoxy) is 2. The van der Waals surface area contributed by atoms with Gasteiger partial charge < -0.3 is 24.8 Å². The van der Waals surface area contributed by atoms with Gasteiger partial charge in [0.1, 0.15) is 11.5 Å². The van der Waals surface area contributed by atoms with Crippen molar-refractivity contribution < 1.29 is 24.8 Å². The molecule has 0 aromatic heterocycles. The average Bonchev–Trinajstić information content (AvgIpc) is 2.71. The highest BCUT2D eigenvalue weighted by Gasteiger charge is 2.38. The van der Waals surface area contributed by atoms with Gasteiger partial charge in [-0.15, -0.1) is 11.8 Å². The summed E-state index contributed by atoms with van der Waals surface area (Å²) >= 11 is 1.41. The highest BCUT2D eigenvalue weighted by atomic mass is 32.2.